The monoisotopic (exact) mass is 385 g/mol. The Morgan fingerprint density at radius 1 is 1.15 bits per heavy atom. The van der Waals surface area contributed by atoms with Gasteiger partial charge in [-0.2, -0.15) is 13.2 Å². The van der Waals surface area contributed by atoms with Crippen LogP contribution in [0.2, 0.25) is 0 Å². The van der Waals surface area contributed by atoms with E-state index in [2.05, 4.69) is 4.98 Å². The number of hydrogen-bond acceptors (Lipinski definition) is 4. The summed E-state index contributed by atoms with van der Waals surface area (Å²) >= 11 is 0.990. The van der Waals surface area contributed by atoms with E-state index in [1.54, 1.807) is 20.8 Å². The Bertz CT molecular complexity index is 828. The van der Waals surface area contributed by atoms with E-state index in [4.69, 9.17) is 4.74 Å². The average molecular weight is 385 g/mol. The predicted molar refractivity (Wildman–Crippen MR) is 92.7 cm³/mol. The molecule has 0 aliphatic rings. The maximum Gasteiger partial charge on any atom is 0.416 e. The summed E-state index contributed by atoms with van der Waals surface area (Å²) in [5, 5.41) is 0. The van der Waals surface area contributed by atoms with Crippen LogP contribution >= 0.6 is 11.8 Å². The molecule has 2 aromatic rings. The number of Topliss-reactive ketones (excluding diaryl/α,β-unsaturated/α-hetero) is 1. The largest absolute Gasteiger partial charge is 0.462 e. The van der Waals surface area contributed by atoms with Crippen LogP contribution in [0, 0.1) is 13.8 Å². The van der Waals surface area contributed by atoms with Crippen LogP contribution in [0.5, 0.6) is 0 Å². The van der Waals surface area contributed by atoms with Crippen LogP contribution in [0.3, 0.4) is 0 Å². The highest BCUT2D eigenvalue weighted by Crippen LogP contribution is 2.32. The summed E-state index contributed by atoms with van der Waals surface area (Å²) in [6.45, 7) is 5.17. The van der Waals surface area contributed by atoms with E-state index in [0.717, 1.165) is 23.9 Å². The normalized spacial score (nSPS) is 11.5. The fraction of sp³-hybridized carbons (Fsp3) is 0.333. The van der Waals surface area contributed by atoms with Crippen molar-refractivity contribution in [3.63, 3.8) is 0 Å². The Morgan fingerprint density at radius 3 is 2.42 bits per heavy atom. The van der Waals surface area contributed by atoms with Crippen LogP contribution in [-0.4, -0.2) is 29.1 Å². The minimum Gasteiger partial charge on any atom is -0.462 e. The molecular formula is C18H18F3NO3S. The molecule has 0 aliphatic heterocycles. The first kappa shape index (κ1) is 20.1. The predicted octanol–water partition coefficient (Wildman–Crippen LogP) is 4.80. The number of carbonyl (C=O) groups is 2. The summed E-state index contributed by atoms with van der Waals surface area (Å²) in [5.41, 5.74) is 0.684. The molecule has 0 unspecified atom stereocenters. The summed E-state index contributed by atoms with van der Waals surface area (Å²) in [6, 6.07) is 4.78. The molecule has 0 bridgehead atoms. The molecule has 1 aromatic heterocycles. The average Bonchev–Trinajstić information content (AvgIpc) is 2.86. The Labute approximate surface area is 153 Å². The van der Waals surface area contributed by atoms with Gasteiger partial charge in [-0.25, -0.2) is 4.79 Å². The Morgan fingerprint density at radius 2 is 1.81 bits per heavy atom. The van der Waals surface area contributed by atoms with Crippen molar-refractivity contribution in [3.8, 4) is 0 Å². The Hall–Kier alpha value is -2.22. The number of aromatic nitrogens is 1. The highest BCUT2D eigenvalue weighted by Gasteiger charge is 2.30. The standard InChI is InChI=1S/C18H18F3NO3S/c1-4-25-17(24)16-11(3)22-10(2)15(16)14(23)9-26-13-7-5-6-12(8-13)18(19,20)21/h5-8,22H,4,9H2,1-3H3. The van der Waals surface area contributed by atoms with Gasteiger partial charge in [0.2, 0.25) is 0 Å². The van der Waals surface area contributed by atoms with Crippen molar-refractivity contribution in [2.75, 3.05) is 12.4 Å². The number of nitrogens with one attached hydrogen (secondary N) is 1. The first-order valence-corrected chi connectivity index (χ1v) is 8.83. The Balaban J connectivity index is 2.20. The molecule has 1 heterocycles. The molecule has 0 saturated heterocycles. The van der Waals surface area contributed by atoms with Gasteiger partial charge in [0, 0.05) is 16.3 Å². The number of ether oxygens (including phenoxy) is 1. The molecule has 0 saturated carbocycles. The number of benzene rings is 1. The van der Waals surface area contributed by atoms with Crippen LogP contribution in [0.25, 0.3) is 0 Å². The van der Waals surface area contributed by atoms with E-state index >= 15 is 0 Å². The lowest BCUT2D eigenvalue weighted by atomic mass is 10.1. The molecule has 2 rings (SSSR count). The molecule has 0 amide bonds. The van der Waals surface area contributed by atoms with Gasteiger partial charge < -0.3 is 9.72 Å². The zero-order valence-electron chi connectivity index (χ0n) is 14.5. The van der Waals surface area contributed by atoms with Gasteiger partial charge >= 0.3 is 12.1 Å². The van der Waals surface area contributed by atoms with E-state index < -0.39 is 17.7 Å². The molecule has 140 valence electrons. The first-order chi connectivity index (χ1) is 12.1. The van der Waals surface area contributed by atoms with Gasteiger partial charge in [0.1, 0.15) is 0 Å². The number of thioether (sulfide) groups is 1. The van der Waals surface area contributed by atoms with Crippen LogP contribution in [0.15, 0.2) is 29.2 Å². The smallest absolute Gasteiger partial charge is 0.416 e. The first-order valence-electron chi connectivity index (χ1n) is 7.84. The summed E-state index contributed by atoms with van der Waals surface area (Å²) in [7, 11) is 0. The maximum absolute atomic E-state index is 12.8. The van der Waals surface area contributed by atoms with Crippen molar-refractivity contribution in [2.45, 2.75) is 31.8 Å². The maximum atomic E-state index is 12.8. The summed E-state index contributed by atoms with van der Waals surface area (Å²) < 4.78 is 43.3. The number of halogens is 3. The summed E-state index contributed by atoms with van der Waals surface area (Å²) in [4.78, 5) is 28.0. The van der Waals surface area contributed by atoms with Crippen molar-refractivity contribution in [3.05, 3.63) is 52.3 Å². The molecule has 1 N–H and O–H groups in total. The SMILES string of the molecule is CCOC(=O)c1c(C)[nH]c(C)c1C(=O)CSc1cccc(C(F)(F)F)c1. The lowest BCUT2D eigenvalue weighted by molar-refractivity contribution is -0.137. The summed E-state index contributed by atoms with van der Waals surface area (Å²) in [6.07, 6.45) is -4.44. The van der Waals surface area contributed by atoms with Crippen LogP contribution in [0.4, 0.5) is 13.2 Å². The zero-order chi connectivity index (χ0) is 19.5. The number of esters is 1. The molecule has 0 atom stereocenters. The van der Waals surface area contributed by atoms with Crippen molar-refractivity contribution < 1.29 is 27.5 Å². The van der Waals surface area contributed by atoms with Gasteiger partial charge in [0.15, 0.2) is 5.78 Å². The summed E-state index contributed by atoms with van der Waals surface area (Å²) in [5.74, 6) is -1.04. The number of alkyl halides is 3. The van der Waals surface area contributed by atoms with E-state index in [1.807, 2.05) is 0 Å². The van der Waals surface area contributed by atoms with Crippen molar-refractivity contribution in [1.82, 2.24) is 4.98 Å². The third kappa shape index (κ3) is 4.49. The second-order valence-corrected chi connectivity index (χ2v) is 6.63. The number of carbonyl (C=O) groups excluding carboxylic acids is 2. The fourth-order valence-electron chi connectivity index (χ4n) is 2.57. The molecule has 26 heavy (non-hydrogen) atoms. The number of hydrogen-bond donors (Lipinski definition) is 1. The van der Waals surface area contributed by atoms with Gasteiger partial charge in [0.25, 0.3) is 0 Å². The molecule has 0 fully saturated rings. The lowest BCUT2D eigenvalue weighted by Crippen LogP contribution is -2.13. The van der Waals surface area contributed by atoms with E-state index in [0.29, 0.717) is 16.3 Å². The highest BCUT2D eigenvalue weighted by atomic mass is 32.2. The van der Waals surface area contributed by atoms with Gasteiger partial charge in [-0.15, -0.1) is 11.8 Å². The Kier molecular flexibility index (Phi) is 6.17. The van der Waals surface area contributed by atoms with E-state index in [-0.39, 0.29) is 29.3 Å². The number of aryl methyl sites for hydroxylation is 2. The van der Waals surface area contributed by atoms with Gasteiger partial charge in [0.05, 0.1) is 29.1 Å². The van der Waals surface area contributed by atoms with E-state index in [9.17, 15) is 22.8 Å². The molecular weight excluding hydrogens is 367 g/mol. The topological polar surface area (TPSA) is 59.2 Å². The van der Waals surface area contributed by atoms with Crippen molar-refractivity contribution >= 4 is 23.5 Å². The van der Waals surface area contributed by atoms with Crippen molar-refractivity contribution in [2.24, 2.45) is 0 Å². The highest BCUT2D eigenvalue weighted by molar-refractivity contribution is 8.00. The second-order valence-electron chi connectivity index (χ2n) is 5.58. The van der Waals surface area contributed by atoms with Gasteiger partial charge in [-0.1, -0.05) is 6.07 Å². The van der Waals surface area contributed by atoms with Crippen molar-refractivity contribution in [1.29, 1.82) is 0 Å². The minimum absolute atomic E-state index is 0.0914. The zero-order valence-corrected chi connectivity index (χ0v) is 15.3. The van der Waals surface area contributed by atoms with Crippen LogP contribution in [-0.2, 0) is 10.9 Å². The van der Waals surface area contributed by atoms with Crippen LogP contribution < -0.4 is 0 Å². The second kappa shape index (κ2) is 7.99. The lowest BCUT2D eigenvalue weighted by Gasteiger charge is -2.09. The molecule has 0 aliphatic carbocycles. The van der Waals surface area contributed by atoms with E-state index in [1.165, 1.54) is 12.1 Å². The molecule has 8 heteroatoms. The molecule has 4 nitrogen and oxygen atoms in total. The number of ketones is 1. The number of rotatable bonds is 6. The number of aromatic amines is 1. The quantitative estimate of drug-likeness (QED) is 0.441. The molecule has 1 aromatic carbocycles. The third-order valence-electron chi connectivity index (χ3n) is 3.66. The minimum atomic E-state index is -4.44. The van der Waals surface area contributed by atoms with Gasteiger partial charge in [-0.3, -0.25) is 4.79 Å². The third-order valence-corrected chi connectivity index (χ3v) is 4.66. The molecule has 0 spiro atoms. The number of H-pyrrole nitrogens is 1. The molecule has 0 radical (unpaired) electrons. The van der Waals surface area contributed by atoms with Crippen LogP contribution in [0.1, 0.15) is 44.6 Å². The fourth-order valence-corrected chi connectivity index (χ4v) is 3.40. The van der Waals surface area contributed by atoms with Gasteiger partial charge in [-0.05, 0) is 39.0 Å².